The molecule has 0 atom stereocenters. The van der Waals surface area contributed by atoms with Crippen LogP contribution < -0.4 is 10.6 Å². The minimum absolute atomic E-state index is 0.290. The van der Waals surface area contributed by atoms with E-state index in [1.165, 1.54) is 12.8 Å². The molecule has 0 radical (unpaired) electrons. The van der Waals surface area contributed by atoms with Crippen molar-refractivity contribution in [2.45, 2.75) is 38.8 Å². The van der Waals surface area contributed by atoms with Gasteiger partial charge >= 0.3 is 6.03 Å². The quantitative estimate of drug-likeness (QED) is 0.750. The Labute approximate surface area is 145 Å². The smallest absolute Gasteiger partial charge is 0.319 e. The third-order valence-corrected chi connectivity index (χ3v) is 4.27. The number of para-hydroxylation sites is 2. The van der Waals surface area contributed by atoms with Crippen LogP contribution in [0.5, 0.6) is 0 Å². The molecule has 7 nitrogen and oxygen atoms in total. The number of fused-ring (bicyclic) bond motifs is 1. The van der Waals surface area contributed by atoms with Gasteiger partial charge in [-0.1, -0.05) is 19.1 Å². The fourth-order valence-electron chi connectivity index (χ4n) is 2.90. The molecule has 1 aliphatic rings. The number of nitrogens with one attached hydrogen (secondary N) is 2. The highest BCUT2D eigenvalue weighted by atomic mass is 16.2. The Morgan fingerprint density at radius 2 is 2.00 bits per heavy atom. The molecule has 1 saturated carbocycles. The van der Waals surface area contributed by atoms with Gasteiger partial charge in [0.25, 0.3) is 0 Å². The molecule has 0 bridgehead atoms. The Kier molecular flexibility index (Phi) is 4.05. The lowest BCUT2D eigenvalue weighted by Gasteiger charge is -2.10. The molecule has 25 heavy (non-hydrogen) atoms. The van der Waals surface area contributed by atoms with Crippen molar-refractivity contribution in [2.75, 3.05) is 5.32 Å². The van der Waals surface area contributed by atoms with E-state index in [0.29, 0.717) is 18.3 Å². The SMILES string of the molecule is CCc1ncc(NC(=O)NCc2nc3ccccc3n2C2CC2)cn1. The summed E-state index contributed by atoms with van der Waals surface area (Å²) >= 11 is 0. The average Bonchev–Trinajstić information content (AvgIpc) is 3.41. The Hall–Kier alpha value is -2.96. The van der Waals surface area contributed by atoms with E-state index in [0.717, 1.165) is 29.1 Å². The highest BCUT2D eigenvalue weighted by molar-refractivity contribution is 5.88. The van der Waals surface area contributed by atoms with Crippen molar-refractivity contribution in [1.29, 1.82) is 0 Å². The lowest BCUT2D eigenvalue weighted by atomic mass is 10.3. The number of aromatic nitrogens is 4. The third kappa shape index (κ3) is 3.31. The molecule has 128 valence electrons. The first-order chi connectivity index (χ1) is 12.2. The van der Waals surface area contributed by atoms with Crippen LogP contribution in [-0.4, -0.2) is 25.6 Å². The summed E-state index contributed by atoms with van der Waals surface area (Å²) in [6.07, 6.45) is 6.33. The van der Waals surface area contributed by atoms with Gasteiger partial charge in [0.1, 0.15) is 11.6 Å². The highest BCUT2D eigenvalue weighted by Crippen LogP contribution is 2.38. The number of benzene rings is 1. The summed E-state index contributed by atoms with van der Waals surface area (Å²) in [7, 11) is 0. The number of aryl methyl sites for hydroxylation is 1. The second-order valence-corrected chi connectivity index (χ2v) is 6.17. The lowest BCUT2D eigenvalue weighted by Crippen LogP contribution is -2.29. The molecule has 0 aliphatic heterocycles. The number of carbonyl (C=O) groups excluding carboxylic acids is 1. The number of amides is 2. The predicted octanol–water partition coefficient (Wildman–Crippen LogP) is 3.05. The van der Waals surface area contributed by atoms with Gasteiger partial charge in [-0.05, 0) is 25.0 Å². The van der Waals surface area contributed by atoms with Crippen molar-refractivity contribution < 1.29 is 4.79 Å². The zero-order valence-corrected chi connectivity index (χ0v) is 14.1. The van der Waals surface area contributed by atoms with Gasteiger partial charge in [0.05, 0.1) is 35.7 Å². The molecule has 2 N–H and O–H groups in total. The van der Waals surface area contributed by atoms with E-state index >= 15 is 0 Å². The largest absolute Gasteiger partial charge is 0.331 e. The number of hydrogen-bond donors (Lipinski definition) is 2. The van der Waals surface area contributed by atoms with Crippen LogP contribution in [0.25, 0.3) is 11.0 Å². The molecule has 2 amide bonds. The first-order valence-electron chi connectivity index (χ1n) is 8.56. The Morgan fingerprint density at radius 1 is 1.24 bits per heavy atom. The van der Waals surface area contributed by atoms with Crippen molar-refractivity contribution >= 4 is 22.8 Å². The molecule has 0 spiro atoms. The van der Waals surface area contributed by atoms with Crippen molar-refractivity contribution in [1.82, 2.24) is 24.8 Å². The second kappa shape index (κ2) is 6.51. The van der Waals surface area contributed by atoms with Crippen LogP contribution in [0.4, 0.5) is 10.5 Å². The summed E-state index contributed by atoms with van der Waals surface area (Å²) < 4.78 is 2.24. The first kappa shape index (κ1) is 15.6. The molecule has 0 unspecified atom stereocenters. The lowest BCUT2D eigenvalue weighted by molar-refractivity contribution is 0.251. The molecule has 0 saturated heterocycles. The van der Waals surface area contributed by atoms with E-state index in [2.05, 4.69) is 36.2 Å². The van der Waals surface area contributed by atoms with Crippen LogP contribution in [0, 0.1) is 0 Å². The molecule has 1 aromatic carbocycles. The molecule has 3 aromatic rings. The van der Waals surface area contributed by atoms with Gasteiger partial charge in [-0.3, -0.25) is 0 Å². The summed E-state index contributed by atoms with van der Waals surface area (Å²) in [6.45, 7) is 2.37. The van der Waals surface area contributed by atoms with Crippen LogP contribution in [0.1, 0.15) is 37.5 Å². The zero-order chi connectivity index (χ0) is 17.2. The van der Waals surface area contributed by atoms with E-state index in [4.69, 9.17) is 0 Å². The summed E-state index contributed by atoms with van der Waals surface area (Å²) in [6, 6.07) is 8.30. The van der Waals surface area contributed by atoms with E-state index in [9.17, 15) is 4.79 Å². The Morgan fingerprint density at radius 3 is 2.72 bits per heavy atom. The molecular weight excluding hydrogens is 316 g/mol. The zero-order valence-electron chi connectivity index (χ0n) is 14.1. The van der Waals surface area contributed by atoms with Crippen molar-refractivity contribution in [3.05, 3.63) is 48.3 Å². The standard InChI is InChI=1S/C18H20N6O/c1-2-16-19-9-12(10-20-16)22-18(25)21-11-17-23-14-5-3-4-6-15(14)24(17)13-7-8-13/h3-6,9-10,13H,2,7-8,11H2,1H3,(H2,21,22,25). The monoisotopic (exact) mass is 336 g/mol. The van der Waals surface area contributed by atoms with Gasteiger partial charge in [0.2, 0.25) is 0 Å². The van der Waals surface area contributed by atoms with Crippen LogP contribution >= 0.6 is 0 Å². The minimum atomic E-state index is -0.290. The number of imidazole rings is 1. The average molecular weight is 336 g/mol. The summed E-state index contributed by atoms with van der Waals surface area (Å²) in [4.78, 5) is 25.2. The summed E-state index contributed by atoms with van der Waals surface area (Å²) in [5.74, 6) is 1.64. The van der Waals surface area contributed by atoms with E-state index in [-0.39, 0.29) is 6.03 Å². The number of urea groups is 1. The number of nitrogens with zero attached hydrogens (tertiary/aromatic N) is 4. The number of carbonyl (C=O) groups is 1. The van der Waals surface area contributed by atoms with Gasteiger partial charge in [0, 0.05) is 12.5 Å². The molecule has 1 aliphatic carbocycles. The molecule has 4 rings (SSSR count). The minimum Gasteiger partial charge on any atom is -0.331 e. The van der Waals surface area contributed by atoms with Gasteiger partial charge in [-0.15, -0.1) is 0 Å². The summed E-state index contributed by atoms with van der Waals surface area (Å²) in [5, 5.41) is 5.62. The fourth-order valence-corrected chi connectivity index (χ4v) is 2.90. The second-order valence-electron chi connectivity index (χ2n) is 6.17. The van der Waals surface area contributed by atoms with Crippen LogP contribution in [-0.2, 0) is 13.0 Å². The van der Waals surface area contributed by atoms with Crippen LogP contribution in [0.3, 0.4) is 0 Å². The fraction of sp³-hybridized carbons (Fsp3) is 0.333. The third-order valence-electron chi connectivity index (χ3n) is 4.27. The molecule has 1 fully saturated rings. The van der Waals surface area contributed by atoms with E-state index in [1.54, 1.807) is 12.4 Å². The molecule has 2 heterocycles. The number of anilines is 1. The maximum Gasteiger partial charge on any atom is 0.319 e. The maximum atomic E-state index is 12.1. The number of rotatable bonds is 5. The van der Waals surface area contributed by atoms with Crippen LogP contribution in [0.2, 0.25) is 0 Å². The van der Waals surface area contributed by atoms with Gasteiger partial charge in [-0.2, -0.15) is 0 Å². The molecule has 7 heteroatoms. The summed E-state index contributed by atoms with van der Waals surface area (Å²) in [5.41, 5.74) is 2.67. The first-order valence-corrected chi connectivity index (χ1v) is 8.56. The van der Waals surface area contributed by atoms with Crippen molar-refractivity contribution in [3.63, 3.8) is 0 Å². The van der Waals surface area contributed by atoms with Crippen molar-refractivity contribution in [3.8, 4) is 0 Å². The Bertz CT molecular complexity index is 898. The Balaban J connectivity index is 1.44. The van der Waals surface area contributed by atoms with Crippen molar-refractivity contribution in [2.24, 2.45) is 0 Å². The van der Waals surface area contributed by atoms with Crippen LogP contribution in [0.15, 0.2) is 36.7 Å². The van der Waals surface area contributed by atoms with E-state index in [1.807, 2.05) is 25.1 Å². The predicted molar refractivity (Wildman–Crippen MR) is 95.3 cm³/mol. The topological polar surface area (TPSA) is 84.7 Å². The molecule has 2 aromatic heterocycles. The van der Waals surface area contributed by atoms with Gasteiger partial charge in [0.15, 0.2) is 0 Å². The number of hydrogen-bond acceptors (Lipinski definition) is 4. The molecular formula is C18H20N6O. The van der Waals surface area contributed by atoms with Gasteiger partial charge < -0.3 is 15.2 Å². The maximum absolute atomic E-state index is 12.1. The van der Waals surface area contributed by atoms with E-state index < -0.39 is 0 Å². The highest BCUT2D eigenvalue weighted by Gasteiger charge is 2.28. The van der Waals surface area contributed by atoms with Gasteiger partial charge in [-0.25, -0.2) is 19.7 Å². The normalized spacial score (nSPS) is 13.8.